The fourth-order valence-corrected chi connectivity index (χ4v) is 3.43. The summed E-state index contributed by atoms with van der Waals surface area (Å²) in [6.07, 6.45) is 13.8. The van der Waals surface area contributed by atoms with E-state index in [-0.39, 0.29) is 5.92 Å². The Hall–Kier alpha value is -1.37. The Morgan fingerprint density at radius 2 is 1.55 bits per heavy atom. The van der Waals surface area contributed by atoms with Crippen LogP contribution in [-0.2, 0) is 0 Å². The highest BCUT2D eigenvalue weighted by Gasteiger charge is 2.26. The first-order valence-electron chi connectivity index (χ1n) is 9.05. The maximum atomic E-state index is 12.6. The number of Topliss-reactive ketones (excluding diaryl/α,β-unsaturated/α-hetero) is 1. The van der Waals surface area contributed by atoms with Gasteiger partial charge in [-0.05, 0) is 18.9 Å². The lowest BCUT2D eigenvalue weighted by molar-refractivity contribution is 0.0930. The van der Waals surface area contributed by atoms with Crippen molar-refractivity contribution < 1.29 is 4.79 Å². The number of hydrogen-bond acceptors (Lipinski definition) is 1. The Morgan fingerprint density at radius 1 is 0.909 bits per heavy atom. The molecule has 0 saturated heterocycles. The van der Waals surface area contributed by atoms with Crippen LogP contribution < -0.4 is 0 Å². The van der Waals surface area contributed by atoms with Gasteiger partial charge in [-0.25, -0.2) is 0 Å². The summed E-state index contributed by atoms with van der Waals surface area (Å²) in [5.41, 5.74) is 3.25. The van der Waals surface area contributed by atoms with Gasteiger partial charge in [0.15, 0.2) is 5.78 Å². The van der Waals surface area contributed by atoms with E-state index in [1.807, 2.05) is 24.3 Å². The highest BCUT2D eigenvalue weighted by Crippen LogP contribution is 2.31. The predicted octanol–water partition coefficient (Wildman–Crippen LogP) is 6.43. The van der Waals surface area contributed by atoms with E-state index in [1.165, 1.54) is 56.9 Å². The number of ketones is 1. The Balaban J connectivity index is 1.74. The molecule has 0 aromatic heterocycles. The third-order valence-electron chi connectivity index (χ3n) is 4.82. The zero-order chi connectivity index (χ0) is 15.8. The van der Waals surface area contributed by atoms with Gasteiger partial charge >= 0.3 is 0 Å². The Labute approximate surface area is 135 Å². The van der Waals surface area contributed by atoms with Crippen molar-refractivity contribution in [2.45, 2.75) is 71.6 Å². The second kappa shape index (κ2) is 8.92. The van der Waals surface area contributed by atoms with Crippen molar-refractivity contribution in [3.05, 3.63) is 41.0 Å². The molecule has 120 valence electrons. The molecule has 0 N–H and O–H groups in total. The summed E-state index contributed by atoms with van der Waals surface area (Å²) in [7, 11) is 0. The van der Waals surface area contributed by atoms with Crippen LogP contribution in [0.15, 0.2) is 29.8 Å². The molecule has 1 heteroatoms. The Bertz CT molecular complexity index is 512. The van der Waals surface area contributed by atoms with E-state index in [9.17, 15) is 4.79 Å². The van der Waals surface area contributed by atoms with Gasteiger partial charge in [-0.3, -0.25) is 4.79 Å². The van der Waals surface area contributed by atoms with Crippen molar-refractivity contribution in [2.24, 2.45) is 5.92 Å². The third kappa shape index (κ3) is 4.56. The van der Waals surface area contributed by atoms with Gasteiger partial charge in [0.05, 0.1) is 0 Å². The molecule has 1 unspecified atom stereocenters. The first kappa shape index (κ1) is 17.0. The Morgan fingerprint density at radius 3 is 2.27 bits per heavy atom. The molecule has 0 fully saturated rings. The van der Waals surface area contributed by atoms with Crippen LogP contribution in [0.2, 0.25) is 0 Å². The zero-order valence-corrected chi connectivity index (χ0v) is 14.2. The summed E-state index contributed by atoms with van der Waals surface area (Å²) >= 11 is 0. The van der Waals surface area contributed by atoms with E-state index in [0.29, 0.717) is 5.78 Å². The normalized spacial score (nSPS) is 17.3. The summed E-state index contributed by atoms with van der Waals surface area (Å²) in [5, 5.41) is 0. The number of benzene rings is 1. The molecule has 1 aromatic carbocycles. The second-order valence-corrected chi connectivity index (χ2v) is 6.66. The largest absolute Gasteiger partial charge is 0.293 e. The third-order valence-corrected chi connectivity index (χ3v) is 4.82. The minimum atomic E-state index is 0.120. The van der Waals surface area contributed by atoms with Crippen LogP contribution >= 0.6 is 0 Å². The van der Waals surface area contributed by atoms with Crippen molar-refractivity contribution in [1.29, 1.82) is 0 Å². The highest BCUT2D eigenvalue weighted by molar-refractivity contribution is 6.05. The number of rotatable bonds is 9. The highest BCUT2D eigenvalue weighted by atomic mass is 16.1. The van der Waals surface area contributed by atoms with Crippen molar-refractivity contribution in [3.8, 4) is 0 Å². The summed E-state index contributed by atoms with van der Waals surface area (Å²) in [5.74, 6) is 0.452. The average molecular weight is 298 g/mol. The molecule has 0 bridgehead atoms. The van der Waals surface area contributed by atoms with Gasteiger partial charge in [0.1, 0.15) is 0 Å². The topological polar surface area (TPSA) is 17.1 Å². The maximum absolute atomic E-state index is 12.6. The lowest BCUT2D eigenvalue weighted by Gasteiger charge is -2.22. The van der Waals surface area contributed by atoms with E-state index in [4.69, 9.17) is 0 Å². The summed E-state index contributed by atoms with van der Waals surface area (Å²) in [6, 6.07) is 8.00. The van der Waals surface area contributed by atoms with Crippen LogP contribution in [0.25, 0.3) is 6.08 Å². The van der Waals surface area contributed by atoms with Gasteiger partial charge in [-0.1, -0.05) is 94.2 Å². The van der Waals surface area contributed by atoms with E-state index in [1.54, 1.807) is 0 Å². The zero-order valence-electron chi connectivity index (χ0n) is 14.2. The molecule has 1 atom stereocenters. The predicted molar refractivity (Wildman–Crippen MR) is 95.1 cm³/mol. The first-order chi connectivity index (χ1) is 10.7. The van der Waals surface area contributed by atoms with Gasteiger partial charge in [0.25, 0.3) is 0 Å². The fraction of sp³-hybridized carbons (Fsp3) is 0.571. The molecular formula is C21H30O. The summed E-state index contributed by atoms with van der Waals surface area (Å²) in [6.45, 7) is 4.37. The molecule has 0 heterocycles. The van der Waals surface area contributed by atoms with Gasteiger partial charge in [0, 0.05) is 11.5 Å². The number of fused-ring (bicyclic) bond motifs is 1. The van der Waals surface area contributed by atoms with Crippen LogP contribution in [0.5, 0.6) is 0 Å². The molecule has 1 nitrogen and oxygen atoms in total. The van der Waals surface area contributed by atoms with Crippen molar-refractivity contribution in [1.82, 2.24) is 0 Å². The van der Waals surface area contributed by atoms with Gasteiger partial charge < -0.3 is 0 Å². The van der Waals surface area contributed by atoms with E-state index >= 15 is 0 Å². The molecule has 1 aliphatic rings. The van der Waals surface area contributed by atoms with Crippen LogP contribution in [0.4, 0.5) is 0 Å². The van der Waals surface area contributed by atoms with Crippen molar-refractivity contribution in [3.63, 3.8) is 0 Å². The average Bonchev–Trinajstić information content (AvgIpc) is 2.52. The number of carbonyl (C=O) groups is 1. The number of carbonyl (C=O) groups excluding carboxylic acids is 1. The fourth-order valence-electron chi connectivity index (χ4n) is 3.43. The molecule has 1 aromatic rings. The summed E-state index contributed by atoms with van der Waals surface area (Å²) in [4.78, 5) is 12.6. The van der Waals surface area contributed by atoms with Crippen molar-refractivity contribution >= 4 is 11.9 Å². The molecule has 22 heavy (non-hydrogen) atoms. The van der Waals surface area contributed by atoms with Crippen LogP contribution in [0.3, 0.4) is 0 Å². The van der Waals surface area contributed by atoms with E-state index in [2.05, 4.69) is 19.9 Å². The van der Waals surface area contributed by atoms with Gasteiger partial charge in [-0.2, -0.15) is 0 Å². The minimum absolute atomic E-state index is 0.120. The quantitative estimate of drug-likeness (QED) is 0.480. The van der Waals surface area contributed by atoms with E-state index in [0.717, 1.165) is 17.5 Å². The monoisotopic (exact) mass is 298 g/mol. The molecule has 0 amide bonds. The van der Waals surface area contributed by atoms with Gasteiger partial charge in [-0.15, -0.1) is 0 Å². The molecular weight excluding hydrogens is 268 g/mol. The van der Waals surface area contributed by atoms with Crippen molar-refractivity contribution in [2.75, 3.05) is 0 Å². The van der Waals surface area contributed by atoms with Crippen LogP contribution in [0, 0.1) is 5.92 Å². The smallest absolute Gasteiger partial charge is 0.170 e. The van der Waals surface area contributed by atoms with E-state index < -0.39 is 0 Å². The second-order valence-electron chi connectivity index (χ2n) is 6.66. The number of allylic oxidation sites excluding steroid dienone is 1. The Kier molecular flexibility index (Phi) is 6.89. The molecule has 1 aliphatic carbocycles. The summed E-state index contributed by atoms with van der Waals surface area (Å²) < 4.78 is 0. The van der Waals surface area contributed by atoms with Crippen LogP contribution in [0.1, 0.15) is 87.6 Å². The standard InChI is InChI=1S/C21H30O/c1-3-4-5-6-7-8-9-10-14-19-17(2)16-18-13-11-12-15-20(18)21(19)22/h11-13,15-16,19H,3-10,14H2,1-2H3. The lowest BCUT2D eigenvalue weighted by Crippen LogP contribution is -2.20. The minimum Gasteiger partial charge on any atom is -0.293 e. The number of unbranched alkanes of at least 4 members (excludes halogenated alkanes) is 7. The van der Waals surface area contributed by atoms with Crippen LogP contribution in [-0.4, -0.2) is 5.78 Å². The molecule has 0 radical (unpaired) electrons. The molecule has 2 rings (SSSR count). The first-order valence-corrected chi connectivity index (χ1v) is 9.05. The molecule has 0 saturated carbocycles. The SMILES string of the molecule is CCCCCCCCCCC1C(=O)c2ccccc2C=C1C. The lowest BCUT2D eigenvalue weighted by atomic mass is 9.80. The maximum Gasteiger partial charge on any atom is 0.170 e. The number of hydrogen-bond donors (Lipinski definition) is 0. The molecule has 0 spiro atoms. The van der Waals surface area contributed by atoms with Gasteiger partial charge in [0.2, 0.25) is 0 Å². The molecule has 0 aliphatic heterocycles.